The van der Waals surface area contributed by atoms with Crippen LogP contribution < -0.4 is 10.2 Å². The molecule has 0 spiro atoms. The Balaban J connectivity index is 2.05. The van der Waals surface area contributed by atoms with Crippen molar-refractivity contribution in [1.82, 2.24) is 5.32 Å². The lowest BCUT2D eigenvalue weighted by atomic mass is 9.94. The van der Waals surface area contributed by atoms with Crippen molar-refractivity contribution >= 4 is 21.6 Å². The molecule has 1 aliphatic carbocycles. The SMILES string of the molecule is COCCNCc1cc(Br)ccc1N(C)C1CCCCC1. The summed E-state index contributed by atoms with van der Waals surface area (Å²) in [6.07, 6.45) is 6.78. The molecule has 0 atom stereocenters. The number of anilines is 1. The summed E-state index contributed by atoms with van der Waals surface area (Å²) in [4.78, 5) is 2.49. The summed E-state index contributed by atoms with van der Waals surface area (Å²) in [6.45, 7) is 2.52. The van der Waals surface area contributed by atoms with Crippen LogP contribution in [0.25, 0.3) is 0 Å². The first kappa shape index (κ1) is 16.8. The number of ether oxygens (including phenoxy) is 1. The van der Waals surface area contributed by atoms with Gasteiger partial charge < -0.3 is 15.0 Å². The Morgan fingerprint density at radius 2 is 2.05 bits per heavy atom. The number of rotatable bonds is 7. The van der Waals surface area contributed by atoms with Crippen LogP contribution in [0.4, 0.5) is 5.69 Å². The van der Waals surface area contributed by atoms with Gasteiger partial charge in [0, 0.05) is 43.4 Å². The van der Waals surface area contributed by atoms with E-state index in [1.54, 1.807) is 7.11 Å². The molecule has 0 unspecified atom stereocenters. The predicted octanol–water partition coefficient (Wildman–Crippen LogP) is 3.95. The minimum atomic E-state index is 0.692. The van der Waals surface area contributed by atoms with Crippen LogP contribution in [-0.2, 0) is 11.3 Å². The summed E-state index contributed by atoms with van der Waals surface area (Å²) < 4.78 is 6.24. The lowest BCUT2D eigenvalue weighted by Crippen LogP contribution is -2.34. The van der Waals surface area contributed by atoms with Gasteiger partial charge >= 0.3 is 0 Å². The molecular formula is C17H27BrN2O. The van der Waals surface area contributed by atoms with E-state index in [2.05, 4.69) is 51.4 Å². The van der Waals surface area contributed by atoms with Crippen LogP contribution in [0.5, 0.6) is 0 Å². The minimum Gasteiger partial charge on any atom is -0.383 e. The molecule has 1 fully saturated rings. The molecule has 2 rings (SSSR count). The quantitative estimate of drug-likeness (QED) is 0.750. The van der Waals surface area contributed by atoms with E-state index in [9.17, 15) is 0 Å². The smallest absolute Gasteiger partial charge is 0.0587 e. The summed E-state index contributed by atoms with van der Waals surface area (Å²) in [5, 5.41) is 3.46. The molecule has 0 amide bonds. The third kappa shape index (κ3) is 4.97. The van der Waals surface area contributed by atoms with Crippen molar-refractivity contribution in [1.29, 1.82) is 0 Å². The molecule has 1 aromatic rings. The van der Waals surface area contributed by atoms with Crippen LogP contribution >= 0.6 is 15.9 Å². The van der Waals surface area contributed by atoms with E-state index in [0.29, 0.717) is 6.04 Å². The number of nitrogens with one attached hydrogen (secondary N) is 1. The first-order valence-electron chi connectivity index (χ1n) is 7.93. The highest BCUT2D eigenvalue weighted by Crippen LogP contribution is 2.30. The van der Waals surface area contributed by atoms with E-state index in [0.717, 1.165) is 24.2 Å². The molecular weight excluding hydrogens is 328 g/mol. The van der Waals surface area contributed by atoms with Crippen LogP contribution in [0.1, 0.15) is 37.7 Å². The number of hydrogen-bond acceptors (Lipinski definition) is 3. The van der Waals surface area contributed by atoms with E-state index in [1.165, 1.54) is 43.4 Å². The molecule has 118 valence electrons. The van der Waals surface area contributed by atoms with Crippen LogP contribution in [0.15, 0.2) is 22.7 Å². The lowest BCUT2D eigenvalue weighted by Gasteiger charge is -2.34. The number of benzene rings is 1. The molecule has 21 heavy (non-hydrogen) atoms. The van der Waals surface area contributed by atoms with Gasteiger partial charge in [-0.25, -0.2) is 0 Å². The highest BCUT2D eigenvalue weighted by molar-refractivity contribution is 9.10. The average molecular weight is 355 g/mol. The van der Waals surface area contributed by atoms with Crippen molar-refractivity contribution in [3.05, 3.63) is 28.2 Å². The average Bonchev–Trinajstić information content (AvgIpc) is 2.52. The second-order valence-electron chi connectivity index (χ2n) is 5.85. The first-order chi connectivity index (χ1) is 10.2. The number of halogens is 1. The standard InChI is InChI=1S/C17H27BrN2O/c1-20(16-6-4-3-5-7-16)17-9-8-15(18)12-14(17)13-19-10-11-21-2/h8-9,12,16,19H,3-7,10-11,13H2,1-2H3. The largest absolute Gasteiger partial charge is 0.383 e. The normalized spacial score (nSPS) is 16.1. The van der Waals surface area contributed by atoms with Crippen molar-refractivity contribution in [2.24, 2.45) is 0 Å². The summed E-state index contributed by atoms with van der Waals surface area (Å²) in [5.41, 5.74) is 2.71. The molecule has 0 radical (unpaired) electrons. The fourth-order valence-corrected chi connectivity index (χ4v) is 3.51. The highest BCUT2D eigenvalue weighted by atomic mass is 79.9. The zero-order chi connectivity index (χ0) is 15.1. The van der Waals surface area contributed by atoms with E-state index in [1.807, 2.05) is 0 Å². The lowest BCUT2D eigenvalue weighted by molar-refractivity contribution is 0.199. The first-order valence-corrected chi connectivity index (χ1v) is 8.72. The summed E-state index contributed by atoms with van der Waals surface area (Å²) in [5.74, 6) is 0. The van der Waals surface area contributed by atoms with Gasteiger partial charge in [0.2, 0.25) is 0 Å². The number of hydrogen-bond donors (Lipinski definition) is 1. The van der Waals surface area contributed by atoms with Gasteiger partial charge in [0.25, 0.3) is 0 Å². The summed E-state index contributed by atoms with van der Waals surface area (Å²) in [7, 11) is 3.99. The second-order valence-corrected chi connectivity index (χ2v) is 6.76. The maximum absolute atomic E-state index is 5.09. The van der Waals surface area contributed by atoms with Crippen molar-refractivity contribution in [3.8, 4) is 0 Å². The van der Waals surface area contributed by atoms with Crippen LogP contribution in [0, 0.1) is 0 Å². The van der Waals surface area contributed by atoms with Gasteiger partial charge in [-0.1, -0.05) is 35.2 Å². The molecule has 1 saturated carbocycles. The predicted molar refractivity (Wildman–Crippen MR) is 93.0 cm³/mol. The van der Waals surface area contributed by atoms with E-state index < -0.39 is 0 Å². The molecule has 4 heteroatoms. The Morgan fingerprint density at radius 1 is 1.29 bits per heavy atom. The molecule has 1 aliphatic rings. The topological polar surface area (TPSA) is 24.5 Å². The fraction of sp³-hybridized carbons (Fsp3) is 0.647. The van der Waals surface area contributed by atoms with Crippen molar-refractivity contribution < 1.29 is 4.74 Å². The van der Waals surface area contributed by atoms with Gasteiger partial charge in [-0.2, -0.15) is 0 Å². The van der Waals surface area contributed by atoms with E-state index in [4.69, 9.17) is 4.74 Å². The van der Waals surface area contributed by atoms with Gasteiger partial charge in [-0.3, -0.25) is 0 Å². The van der Waals surface area contributed by atoms with Crippen LogP contribution in [0.3, 0.4) is 0 Å². The van der Waals surface area contributed by atoms with Crippen LogP contribution in [-0.4, -0.2) is 33.4 Å². The maximum atomic E-state index is 5.09. The maximum Gasteiger partial charge on any atom is 0.0587 e. The van der Waals surface area contributed by atoms with Gasteiger partial charge in [0.1, 0.15) is 0 Å². The Bertz CT molecular complexity index is 433. The highest BCUT2D eigenvalue weighted by Gasteiger charge is 2.20. The zero-order valence-electron chi connectivity index (χ0n) is 13.2. The fourth-order valence-electron chi connectivity index (χ4n) is 3.10. The Morgan fingerprint density at radius 3 is 2.76 bits per heavy atom. The van der Waals surface area contributed by atoms with Crippen LogP contribution in [0.2, 0.25) is 0 Å². The van der Waals surface area contributed by atoms with Gasteiger partial charge in [-0.05, 0) is 36.6 Å². The zero-order valence-corrected chi connectivity index (χ0v) is 14.8. The van der Waals surface area contributed by atoms with Crippen molar-refractivity contribution in [2.75, 3.05) is 32.2 Å². The molecule has 0 aliphatic heterocycles. The molecule has 0 heterocycles. The third-order valence-corrected chi connectivity index (χ3v) is 4.84. The Hall–Kier alpha value is -0.580. The van der Waals surface area contributed by atoms with E-state index >= 15 is 0 Å². The van der Waals surface area contributed by atoms with Gasteiger partial charge in [0.05, 0.1) is 6.61 Å². The minimum absolute atomic E-state index is 0.692. The summed E-state index contributed by atoms with van der Waals surface area (Å²) in [6, 6.07) is 7.31. The molecule has 0 bridgehead atoms. The molecule has 1 aromatic carbocycles. The molecule has 1 N–H and O–H groups in total. The molecule has 0 saturated heterocycles. The van der Waals surface area contributed by atoms with Crippen molar-refractivity contribution in [3.63, 3.8) is 0 Å². The van der Waals surface area contributed by atoms with Gasteiger partial charge in [-0.15, -0.1) is 0 Å². The third-order valence-electron chi connectivity index (χ3n) is 4.34. The number of nitrogens with zero attached hydrogens (tertiary/aromatic N) is 1. The van der Waals surface area contributed by atoms with Crippen molar-refractivity contribution in [2.45, 2.75) is 44.7 Å². The molecule has 3 nitrogen and oxygen atoms in total. The summed E-state index contributed by atoms with van der Waals surface area (Å²) >= 11 is 3.59. The molecule has 0 aromatic heterocycles. The van der Waals surface area contributed by atoms with E-state index in [-0.39, 0.29) is 0 Å². The number of methoxy groups -OCH3 is 1. The Kier molecular flexibility index (Phi) is 7.00. The Labute approximate surface area is 137 Å². The monoisotopic (exact) mass is 354 g/mol. The second kappa shape index (κ2) is 8.76. The van der Waals surface area contributed by atoms with Gasteiger partial charge in [0.15, 0.2) is 0 Å².